The Balaban J connectivity index is 2.38. The Kier molecular flexibility index (Phi) is 4.45. The van der Waals surface area contributed by atoms with Crippen molar-refractivity contribution in [2.45, 2.75) is 18.5 Å². The molecule has 1 aromatic heterocycles. The van der Waals surface area contributed by atoms with Crippen molar-refractivity contribution < 1.29 is 13.5 Å². The minimum Gasteiger partial charge on any atom is -0.458 e. The van der Waals surface area contributed by atoms with Crippen molar-refractivity contribution in [3.63, 3.8) is 0 Å². The van der Waals surface area contributed by atoms with Gasteiger partial charge in [0, 0.05) is 17.5 Å². The van der Waals surface area contributed by atoms with E-state index in [1.54, 1.807) is 24.3 Å². The Morgan fingerprint density at radius 1 is 1.42 bits per heavy atom. The summed E-state index contributed by atoms with van der Waals surface area (Å²) in [6, 6.07) is 6.88. The summed E-state index contributed by atoms with van der Waals surface area (Å²) in [5.41, 5.74) is 4.41. The molecule has 104 valence electrons. The second-order valence-corrected chi connectivity index (χ2v) is 5.02. The van der Waals surface area contributed by atoms with Crippen LogP contribution >= 0.6 is 11.6 Å². The van der Waals surface area contributed by atoms with Gasteiger partial charge in [0.15, 0.2) is 5.67 Å². The van der Waals surface area contributed by atoms with Crippen molar-refractivity contribution >= 4 is 22.6 Å². The summed E-state index contributed by atoms with van der Waals surface area (Å²) in [6.07, 6.45) is 0.836. The normalized spacial score (nSPS) is 14.7. The molecule has 19 heavy (non-hydrogen) atoms. The summed E-state index contributed by atoms with van der Waals surface area (Å²) in [5.74, 6) is 0.264. The van der Waals surface area contributed by atoms with Gasteiger partial charge < -0.3 is 14.9 Å². The summed E-state index contributed by atoms with van der Waals surface area (Å²) >= 11 is 5.91. The predicted molar refractivity (Wildman–Crippen MR) is 74.2 cm³/mol. The lowest BCUT2D eigenvalue weighted by atomic mass is 9.97. The Morgan fingerprint density at radius 2 is 2.21 bits per heavy atom. The molecule has 1 heterocycles. The van der Waals surface area contributed by atoms with Gasteiger partial charge in [0.25, 0.3) is 0 Å². The van der Waals surface area contributed by atoms with E-state index in [-0.39, 0.29) is 18.8 Å². The zero-order valence-corrected chi connectivity index (χ0v) is 11.5. The summed E-state index contributed by atoms with van der Waals surface area (Å²) in [7, 11) is 1.47. The number of alkyl halides is 1. The first-order valence-corrected chi connectivity index (χ1v) is 6.54. The number of furan rings is 1. The molecular weight excluding hydrogens is 269 g/mol. The maximum atomic E-state index is 14.9. The van der Waals surface area contributed by atoms with Crippen molar-refractivity contribution in [2.75, 3.05) is 20.3 Å². The SMILES string of the molecule is COCC(F)(CCCN)c1cc2cc(Cl)ccc2o1. The summed E-state index contributed by atoms with van der Waals surface area (Å²) in [4.78, 5) is 0. The van der Waals surface area contributed by atoms with E-state index in [0.717, 1.165) is 5.39 Å². The van der Waals surface area contributed by atoms with Gasteiger partial charge in [0.1, 0.15) is 11.3 Å². The number of hydrogen-bond acceptors (Lipinski definition) is 3. The Hall–Kier alpha value is -1.10. The highest BCUT2D eigenvalue weighted by atomic mass is 35.5. The highest BCUT2D eigenvalue weighted by Crippen LogP contribution is 2.36. The third-order valence-corrected chi connectivity index (χ3v) is 3.31. The van der Waals surface area contributed by atoms with E-state index in [4.69, 9.17) is 26.5 Å². The van der Waals surface area contributed by atoms with E-state index in [0.29, 0.717) is 23.6 Å². The molecule has 5 heteroatoms. The molecule has 0 saturated heterocycles. The molecule has 3 nitrogen and oxygen atoms in total. The fraction of sp³-hybridized carbons (Fsp3) is 0.429. The fourth-order valence-electron chi connectivity index (χ4n) is 2.11. The first-order valence-electron chi connectivity index (χ1n) is 6.16. The van der Waals surface area contributed by atoms with Crippen LogP contribution in [0.5, 0.6) is 0 Å². The highest BCUT2D eigenvalue weighted by Gasteiger charge is 2.35. The molecule has 2 aromatic rings. The molecule has 0 aliphatic rings. The van der Waals surface area contributed by atoms with Crippen LogP contribution in [0, 0.1) is 0 Å². The van der Waals surface area contributed by atoms with E-state index in [9.17, 15) is 4.39 Å². The van der Waals surface area contributed by atoms with Crippen LogP contribution in [0.4, 0.5) is 4.39 Å². The third-order valence-electron chi connectivity index (χ3n) is 3.07. The molecule has 0 radical (unpaired) electrons. The minimum absolute atomic E-state index is 0.0550. The predicted octanol–water partition coefficient (Wildman–Crippen LogP) is 3.64. The highest BCUT2D eigenvalue weighted by molar-refractivity contribution is 6.31. The second-order valence-electron chi connectivity index (χ2n) is 4.58. The maximum absolute atomic E-state index is 14.9. The third kappa shape index (κ3) is 3.08. The smallest absolute Gasteiger partial charge is 0.191 e. The number of rotatable bonds is 6. The summed E-state index contributed by atoms with van der Waals surface area (Å²) in [5, 5.41) is 1.38. The number of nitrogens with two attached hydrogens (primary N) is 1. The van der Waals surface area contributed by atoms with Gasteiger partial charge in [-0.3, -0.25) is 0 Å². The second kappa shape index (κ2) is 5.90. The standard InChI is InChI=1S/C14H17ClFNO2/c1-18-9-14(16,5-2-6-17)13-8-10-7-11(15)3-4-12(10)19-13/h3-4,7-8H,2,5-6,9,17H2,1H3. The van der Waals surface area contributed by atoms with E-state index in [1.165, 1.54) is 7.11 Å². The van der Waals surface area contributed by atoms with E-state index < -0.39 is 5.67 Å². The summed E-state index contributed by atoms with van der Waals surface area (Å²) < 4.78 is 25.5. The molecule has 0 aliphatic carbocycles. The first kappa shape index (κ1) is 14.3. The number of fused-ring (bicyclic) bond motifs is 1. The molecule has 0 aliphatic heterocycles. The van der Waals surface area contributed by atoms with Crippen LogP contribution in [0.1, 0.15) is 18.6 Å². The lowest BCUT2D eigenvalue weighted by Gasteiger charge is -2.21. The van der Waals surface area contributed by atoms with E-state index in [1.807, 2.05) is 0 Å². The molecule has 2 rings (SSSR count). The zero-order chi connectivity index (χ0) is 13.9. The quantitative estimate of drug-likeness (QED) is 0.881. The van der Waals surface area contributed by atoms with Crippen LogP contribution < -0.4 is 5.73 Å². The molecule has 0 saturated carbocycles. The van der Waals surface area contributed by atoms with Crippen LogP contribution in [0.3, 0.4) is 0 Å². The van der Waals surface area contributed by atoms with Gasteiger partial charge in [-0.2, -0.15) is 0 Å². The van der Waals surface area contributed by atoms with Crippen LogP contribution in [0.2, 0.25) is 5.02 Å². The number of ether oxygens (including phenoxy) is 1. The molecule has 2 N–H and O–H groups in total. The summed E-state index contributed by atoms with van der Waals surface area (Å²) in [6.45, 7) is 0.377. The van der Waals surface area contributed by atoms with Crippen molar-refractivity contribution in [2.24, 2.45) is 5.73 Å². The zero-order valence-electron chi connectivity index (χ0n) is 10.8. The molecule has 0 amide bonds. The minimum atomic E-state index is -1.65. The van der Waals surface area contributed by atoms with Crippen molar-refractivity contribution in [1.82, 2.24) is 0 Å². The number of halogens is 2. The van der Waals surface area contributed by atoms with Crippen LogP contribution in [-0.2, 0) is 10.4 Å². The van der Waals surface area contributed by atoms with Crippen molar-refractivity contribution in [3.8, 4) is 0 Å². The van der Waals surface area contributed by atoms with Gasteiger partial charge >= 0.3 is 0 Å². The lowest BCUT2D eigenvalue weighted by molar-refractivity contribution is 0.0152. The topological polar surface area (TPSA) is 48.4 Å². The number of methoxy groups -OCH3 is 1. The van der Waals surface area contributed by atoms with E-state index >= 15 is 0 Å². The van der Waals surface area contributed by atoms with Gasteiger partial charge in [-0.1, -0.05) is 11.6 Å². The molecule has 1 atom stereocenters. The van der Waals surface area contributed by atoms with Gasteiger partial charge in [-0.05, 0) is 43.7 Å². The van der Waals surface area contributed by atoms with E-state index in [2.05, 4.69) is 0 Å². The van der Waals surface area contributed by atoms with Gasteiger partial charge in [0.05, 0.1) is 6.61 Å². The maximum Gasteiger partial charge on any atom is 0.191 e. The molecule has 1 unspecified atom stereocenters. The molecule has 0 fully saturated rings. The van der Waals surface area contributed by atoms with Gasteiger partial charge in [-0.15, -0.1) is 0 Å². The lowest BCUT2D eigenvalue weighted by Crippen LogP contribution is -2.26. The van der Waals surface area contributed by atoms with Gasteiger partial charge in [-0.25, -0.2) is 4.39 Å². The van der Waals surface area contributed by atoms with Crippen molar-refractivity contribution in [3.05, 3.63) is 35.0 Å². The molecule has 0 bridgehead atoms. The fourth-order valence-corrected chi connectivity index (χ4v) is 2.29. The molecule has 0 spiro atoms. The van der Waals surface area contributed by atoms with Gasteiger partial charge in [0.2, 0.25) is 0 Å². The Morgan fingerprint density at radius 3 is 2.89 bits per heavy atom. The first-order chi connectivity index (χ1) is 9.09. The Bertz CT molecular complexity index is 557. The van der Waals surface area contributed by atoms with Crippen LogP contribution in [0.25, 0.3) is 11.0 Å². The molecular formula is C14H17ClFNO2. The Labute approximate surface area is 116 Å². The monoisotopic (exact) mass is 285 g/mol. The number of benzene rings is 1. The number of hydrogen-bond donors (Lipinski definition) is 1. The average molecular weight is 286 g/mol. The van der Waals surface area contributed by atoms with Crippen LogP contribution in [0.15, 0.2) is 28.7 Å². The van der Waals surface area contributed by atoms with Crippen molar-refractivity contribution in [1.29, 1.82) is 0 Å². The average Bonchev–Trinajstić information content (AvgIpc) is 2.80. The van der Waals surface area contributed by atoms with Crippen LogP contribution in [-0.4, -0.2) is 20.3 Å². The largest absolute Gasteiger partial charge is 0.458 e. The molecule has 1 aromatic carbocycles.